The Hall–Kier alpha value is -1.07. The standard InChI is InChI=1S/C22H21Cl5O5/c1-2-3-30-10-16(29)12-32-22-19(26)7-14(8-20(22)27)4-13-5-17(24)21(18(25)6-13)31-11-15(28)9-23/h1,5-8,15-16,28-29H,3-4,9-12H2. The summed E-state index contributed by atoms with van der Waals surface area (Å²) in [5.41, 5.74) is 1.59. The minimum Gasteiger partial charge on any atom is -0.488 e. The Balaban J connectivity index is 2.06. The van der Waals surface area contributed by atoms with Gasteiger partial charge in [-0.25, -0.2) is 0 Å². The van der Waals surface area contributed by atoms with Gasteiger partial charge in [0.2, 0.25) is 0 Å². The van der Waals surface area contributed by atoms with Crippen molar-refractivity contribution in [3.8, 4) is 23.8 Å². The van der Waals surface area contributed by atoms with Crippen LogP contribution in [0.15, 0.2) is 24.3 Å². The Morgan fingerprint density at radius 1 is 0.781 bits per heavy atom. The number of ether oxygens (including phenoxy) is 3. The highest BCUT2D eigenvalue weighted by molar-refractivity contribution is 6.38. The maximum atomic E-state index is 9.86. The third-order valence-corrected chi connectivity index (χ3v) is 5.52. The molecule has 0 amide bonds. The van der Waals surface area contributed by atoms with E-state index in [1.54, 1.807) is 24.3 Å². The van der Waals surface area contributed by atoms with Crippen LogP contribution in [-0.2, 0) is 11.2 Å². The summed E-state index contributed by atoms with van der Waals surface area (Å²) in [7, 11) is 0. The summed E-state index contributed by atoms with van der Waals surface area (Å²) in [5.74, 6) is 2.87. The van der Waals surface area contributed by atoms with Crippen LogP contribution in [0.2, 0.25) is 20.1 Å². The molecule has 2 unspecified atom stereocenters. The van der Waals surface area contributed by atoms with Gasteiger partial charge in [-0.2, -0.15) is 0 Å². The summed E-state index contributed by atoms with van der Waals surface area (Å²) in [6.07, 6.45) is 3.81. The van der Waals surface area contributed by atoms with Crippen molar-refractivity contribution in [3.63, 3.8) is 0 Å². The van der Waals surface area contributed by atoms with Crippen LogP contribution in [0.3, 0.4) is 0 Å². The van der Waals surface area contributed by atoms with E-state index < -0.39 is 12.2 Å². The number of halogens is 5. The molecule has 0 radical (unpaired) electrons. The van der Waals surface area contributed by atoms with Gasteiger partial charge in [-0.1, -0.05) is 52.3 Å². The Kier molecular flexibility index (Phi) is 11.5. The number of alkyl halides is 1. The molecular formula is C22H21Cl5O5. The predicted molar refractivity (Wildman–Crippen MR) is 129 cm³/mol. The quantitative estimate of drug-likeness (QED) is 0.218. The zero-order valence-electron chi connectivity index (χ0n) is 16.8. The van der Waals surface area contributed by atoms with Crippen LogP contribution in [-0.4, -0.2) is 54.7 Å². The number of aliphatic hydroxyl groups excluding tert-OH is 2. The molecule has 0 spiro atoms. The minimum absolute atomic E-state index is 0.0281. The largest absolute Gasteiger partial charge is 0.488 e. The summed E-state index contributed by atoms with van der Waals surface area (Å²) < 4.78 is 16.1. The lowest BCUT2D eigenvalue weighted by molar-refractivity contribution is 0.0229. The smallest absolute Gasteiger partial charge is 0.156 e. The van der Waals surface area contributed by atoms with Gasteiger partial charge in [0.1, 0.15) is 32.0 Å². The number of benzene rings is 2. The first-order chi connectivity index (χ1) is 15.2. The Labute approximate surface area is 212 Å². The van der Waals surface area contributed by atoms with Crippen LogP contribution in [0.1, 0.15) is 11.1 Å². The first kappa shape index (κ1) is 27.2. The molecule has 0 aliphatic carbocycles. The number of rotatable bonds is 12. The first-order valence-corrected chi connectivity index (χ1v) is 11.4. The molecule has 2 rings (SSSR count). The number of aliphatic hydroxyl groups is 2. The number of hydrogen-bond acceptors (Lipinski definition) is 5. The second-order valence-electron chi connectivity index (χ2n) is 6.76. The third kappa shape index (κ3) is 8.37. The zero-order chi connectivity index (χ0) is 23.7. The normalized spacial score (nSPS) is 12.8. The van der Waals surface area contributed by atoms with E-state index in [1.165, 1.54) is 0 Å². The van der Waals surface area contributed by atoms with Gasteiger partial charge < -0.3 is 24.4 Å². The molecule has 0 saturated heterocycles. The molecule has 2 N–H and O–H groups in total. The third-order valence-electron chi connectivity index (χ3n) is 4.04. The van der Waals surface area contributed by atoms with Gasteiger partial charge in [0, 0.05) is 0 Å². The number of hydrogen-bond donors (Lipinski definition) is 2. The van der Waals surface area contributed by atoms with Crippen molar-refractivity contribution in [1.82, 2.24) is 0 Å². The second-order valence-corrected chi connectivity index (χ2v) is 8.69. The van der Waals surface area contributed by atoms with Gasteiger partial charge in [0.05, 0.1) is 32.6 Å². The molecule has 0 heterocycles. The lowest BCUT2D eigenvalue weighted by Gasteiger charge is -2.16. The van der Waals surface area contributed by atoms with Crippen LogP contribution >= 0.6 is 58.0 Å². The van der Waals surface area contributed by atoms with Gasteiger partial charge in [-0.15, -0.1) is 18.0 Å². The van der Waals surface area contributed by atoms with E-state index in [2.05, 4.69) is 5.92 Å². The lowest BCUT2D eigenvalue weighted by Crippen LogP contribution is -2.23. The highest BCUT2D eigenvalue weighted by Gasteiger charge is 2.15. The van der Waals surface area contributed by atoms with Crippen molar-refractivity contribution in [2.24, 2.45) is 0 Å². The lowest BCUT2D eigenvalue weighted by atomic mass is 10.0. The van der Waals surface area contributed by atoms with Crippen molar-refractivity contribution in [1.29, 1.82) is 0 Å². The van der Waals surface area contributed by atoms with Gasteiger partial charge >= 0.3 is 0 Å². The van der Waals surface area contributed by atoms with E-state index in [9.17, 15) is 10.2 Å². The number of terminal acetylenes is 1. The fourth-order valence-corrected chi connectivity index (χ4v) is 4.02. The monoisotopic (exact) mass is 540 g/mol. The molecule has 2 aromatic rings. The molecule has 0 saturated carbocycles. The van der Waals surface area contributed by atoms with Crippen molar-refractivity contribution in [2.75, 3.05) is 32.3 Å². The maximum absolute atomic E-state index is 9.86. The van der Waals surface area contributed by atoms with E-state index in [4.69, 9.17) is 78.6 Å². The van der Waals surface area contributed by atoms with Crippen molar-refractivity contribution >= 4 is 58.0 Å². The highest BCUT2D eigenvalue weighted by atomic mass is 35.5. The molecule has 2 aromatic carbocycles. The van der Waals surface area contributed by atoms with Gasteiger partial charge in [0.25, 0.3) is 0 Å². The van der Waals surface area contributed by atoms with Gasteiger partial charge in [-0.3, -0.25) is 0 Å². The van der Waals surface area contributed by atoms with Crippen LogP contribution in [0.4, 0.5) is 0 Å². The van der Waals surface area contributed by atoms with Crippen molar-refractivity contribution in [2.45, 2.75) is 18.6 Å². The average Bonchev–Trinajstić information content (AvgIpc) is 2.72. The molecule has 0 bridgehead atoms. The fourth-order valence-electron chi connectivity index (χ4n) is 2.65. The average molecular weight is 543 g/mol. The molecule has 5 nitrogen and oxygen atoms in total. The van der Waals surface area contributed by atoms with Crippen molar-refractivity contribution in [3.05, 3.63) is 55.5 Å². The zero-order valence-corrected chi connectivity index (χ0v) is 20.6. The molecule has 0 fully saturated rings. The van der Waals surface area contributed by atoms with E-state index in [-0.39, 0.29) is 53.9 Å². The molecular weight excluding hydrogens is 522 g/mol. The van der Waals surface area contributed by atoms with Crippen LogP contribution in [0.5, 0.6) is 11.5 Å². The summed E-state index contributed by atoms with van der Waals surface area (Å²) in [5, 5.41) is 20.6. The van der Waals surface area contributed by atoms with E-state index in [0.29, 0.717) is 16.5 Å². The summed E-state index contributed by atoms with van der Waals surface area (Å²) >= 11 is 30.8. The van der Waals surface area contributed by atoms with E-state index in [1.807, 2.05) is 0 Å². The fraction of sp³-hybridized carbons (Fsp3) is 0.364. The first-order valence-electron chi connectivity index (χ1n) is 9.39. The highest BCUT2D eigenvalue weighted by Crippen LogP contribution is 2.37. The predicted octanol–water partition coefficient (Wildman–Crippen LogP) is 5.26. The molecule has 2 atom stereocenters. The summed E-state index contributed by atoms with van der Waals surface area (Å²) in [6.45, 7) is 0.0432. The Morgan fingerprint density at radius 3 is 1.62 bits per heavy atom. The van der Waals surface area contributed by atoms with E-state index in [0.717, 1.165) is 11.1 Å². The van der Waals surface area contributed by atoms with Crippen LogP contribution in [0.25, 0.3) is 0 Å². The van der Waals surface area contributed by atoms with Gasteiger partial charge in [-0.05, 0) is 41.8 Å². The van der Waals surface area contributed by atoms with Crippen LogP contribution in [0, 0.1) is 12.3 Å². The van der Waals surface area contributed by atoms with Crippen LogP contribution < -0.4 is 9.47 Å². The van der Waals surface area contributed by atoms with E-state index >= 15 is 0 Å². The second kappa shape index (κ2) is 13.6. The molecule has 174 valence electrons. The molecule has 0 aromatic heterocycles. The molecule has 10 heteroatoms. The SMILES string of the molecule is C#CCOCC(O)COc1c(Cl)cc(Cc2cc(Cl)c(OCC(O)CCl)c(Cl)c2)cc1Cl. The maximum Gasteiger partial charge on any atom is 0.156 e. The summed E-state index contributed by atoms with van der Waals surface area (Å²) in [4.78, 5) is 0. The van der Waals surface area contributed by atoms with Crippen molar-refractivity contribution < 1.29 is 24.4 Å². The minimum atomic E-state index is -0.884. The molecule has 0 aliphatic heterocycles. The Morgan fingerprint density at radius 2 is 1.22 bits per heavy atom. The molecule has 0 aliphatic rings. The molecule has 32 heavy (non-hydrogen) atoms. The summed E-state index contributed by atoms with van der Waals surface area (Å²) in [6, 6.07) is 6.81. The Bertz CT molecular complexity index is 901. The topological polar surface area (TPSA) is 68.2 Å². The van der Waals surface area contributed by atoms with Gasteiger partial charge in [0.15, 0.2) is 11.5 Å².